The van der Waals surface area contributed by atoms with Crippen molar-refractivity contribution in [3.05, 3.63) is 54.1 Å². The number of aromatic amines is 1. The summed E-state index contributed by atoms with van der Waals surface area (Å²) in [5.74, 6) is 0.285. The fraction of sp³-hybridized carbons (Fsp3) is 0.667. The zero-order chi connectivity index (χ0) is 33.1. The molecular weight excluding hydrogens is 582 g/mol. The Labute approximate surface area is 274 Å². The first-order valence-electron chi connectivity index (χ1n) is 17.5. The zero-order valence-corrected chi connectivity index (χ0v) is 27.9. The lowest BCUT2D eigenvalue weighted by Crippen LogP contribution is -2.57. The van der Waals surface area contributed by atoms with Crippen molar-refractivity contribution in [3.63, 3.8) is 0 Å². The molecule has 1 aromatic heterocycles. The Morgan fingerprint density at radius 1 is 1.02 bits per heavy atom. The molecule has 10 heteroatoms. The van der Waals surface area contributed by atoms with Gasteiger partial charge in [-0.05, 0) is 49.0 Å². The number of amides is 3. The molecule has 2 heterocycles. The van der Waals surface area contributed by atoms with E-state index >= 15 is 0 Å². The first-order chi connectivity index (χ1) is 22.2. The summed E-state index contributed by atoms with van der Waals surface area (Å²) in [6, 6.07) is 7.37. The third-order valence-electron chi connectivity index (χ3n) is 10.4. The number of aromatic nitrogens is 2. The second-order valence-electron chi connectivity index (χ2n) is 13.9. The minimum Gasteiger partial charge on any atom is -0.465 e. The highest BCUT2D eigenvalue weighted by Gasteiger charge is 2.38. The van der Waals surface area contributed by atoms with E-state index in [1.165, 1.54) is 19.3 Å². The summed E-state index contributed by atoms with van der Waals surface area (Å²) >= 11 is 0. The summed E-state index contributed by atoms with van der Waals surface area (Å²) in [7, 11) is 0. The van der Waals surface area contributed by atoms with Crippen LogP contribution in [0.2, 0.25) is 0 Å². The molecule has 5 N–H and O–H groups in total. The lowest BCUT2D eigenvalue weighted by Gasteiger charge is -2.37. The van der Waals surface area contributed by atoms with Crippen molar-refractivity contribution in [2.24, 2.45) is 23.7 Å². The van der Waals surface area contributed by atoms with Crippen molar-refractivity contribution in [2.45, 2.75) is 122 Å². The van der Waals surface area contributed by atoms with E-state index < -0.39 is 36.2 Å². The SMILES string of the molecule is CC[C@@H](C[C@@H](O)[C@@H](CC1CCCCC1)[C@H](Cc1c[nH]cn1)NC(=O)[C@H](Cc1ccccc1)NC(=O)[C@H]1CCCN1C(=O)O)C(C)C. The van der Waals surface area contributed by atoms with E-state index in [9.17, 15) is 24.6 Å². The number of hydrogen-bond acceptors (Lipinski definition) is 5. The number of carbonyl (C=O) groups excluding carboxylic acids is 2. The average molecular weight is 638 g/mol. The van der Waals surface area contributed by atoms with Gasteiger partial charge in [-0.1, -0.05) is 89.6 Å². The first-order valence-corrected chi connectivity index (χ1v) is 17.5. The Hall–Kier alpha value is -3.40. The highest BCUT2D eigenvalue weighted by Crippen LogP contribution is 2.35. The van der Waals surface area contributed by atoms with Gasteiger partial charge >= 0.3 is 6.09 Å². The number of carboxylic acid groups (broad SMARTS) is 1. The van der Waals surface area contributed by atoms with E-state index in [0.717, 1.165) is 41.8 Å². The van der Waals surface area contributed by atoms with Gasteiger partial charge in [-0.3, -0.25) is 14.5 Å². The van der Waals surface area contributed by atoms with Crippen LogP contribution in [0.15, 0.2) is 42.9 Å². The van der Waals surface area contributed by atoms with E-state index in [4.69, 9.17) is 0 Å². The van der Waals surface area contributed by atoms with Crippen LogP contribution in [0.5, 0.6) is 0 Å². The quantitative estimate of drug-likeness (QED) is 0.168. The predicted octanol–water partition coefficient (Wildman–Crippen LogP) is 5.33. The number of imidazole rings is 1. The van der Waals surface area contributed by atoms with Gasteiger partial charge in [0.2, 0.25) is 11.8 Å². The molecule has 10 nitrogen and oxygen atoms in total. The van der Waals surface area contributed by atoms with Crippen LogP contribution in [0, 0.1) is 23.7 Å². The van der Waals surface area contributed by atoms with Crippen molar-refractivity contribution in [1.29, 1.82) is 0 Å². The highest BCUT2D eigenvalue weighted by molar-refractivity contribution is 5.91. The third-order valence-corrected chi connectivity index (χ3v) is 10.4. The van der Waals surface area contributed by atoms with E-state index in [-0.39, 0.29) is 18.2 Å². The molecule has 0 spiro atoms. The minimum absolute atomic E-state index is 0.193. The lowest BCUT2D eigenvalue weighted by molar-refractivity contribution is -0.131. The number of aliphatic hydroxyl groups excluding tert-OH is 1. The smallest absolute Gasteiger partial charge is 0.407 e. The van der Waals surface area contributed by atoms with E-state index in [2.05, 4.69) is 41.4 Å². The number of H-pyrrole nitrogens is 1. The molecule has 2 aliphatic rings. The van der Waals surface area contributed by atoms with Gasteiger partial charge in [0.15, 0.2) is 0 Å². The molecule has 1 aromatic carbocycles. The van der Waals surface area contributed by atoms with Gasteiger partial charge in [-0.2, -0.15) is 0 Å². The number of nitrogens with zero attached hydrogens (tertiary/aromatic N) is 2. The first kappa shape index (κ1) is 35.5. The molecular formula is C36H55N5O5. The van der Waals surface area contributed by atoms with E-state index in [1.54, 1.807) is 6.33 Å². The van der Waals surface area contributed by atoms with Crippen LogP contribution in [0.25, 0.3) is 0 Å². The number of hydrogen-bond donors (Lipinski definition) is 5. The largest absolute Gasteiger partial charge is 0.465 e. The monoisotopic (exact) mass is 637 g/mol. The zero-order valence-electron chi connectivity index (χ0n) is 27.9. The molecule has 3 amide bonds. The summed E-state index contributed by atoms with van der Waals surface area (Å²) in [5.41, 5.74) is 1.68. The molecule has 0 radical (unpaired) electrons. The molecule has 1 aliphatic carbocycles. The number of carbonyl (C=O) groups is 3. The molecule has 254 valence electrons. The number of benzene rings is 1. The predicted molar refractivity (Wildman–Crippen MR) is 178 cm³/mol. The summed E-state index contributed by atoms with van der Waals surface area (Å²) in [6.07, 6.45) is 11.8. The van der Waals surface area contributed by atoms with Gasteiger partial charge in [-0.25, -0.2) is 9.78 Å². The summed E-state index contributed by atoms with van der Waals surface area (Å²) in [6.45, 7) is 6.87. The van der Waals surface area contributed by atoms with E-state index in [0.29, 0.717) is 50.0 Å². The highest BCUT2D eigenvalue weighted by atomic mass is 16.4. The molecule has 0 unspecified atom stereocenters. The minimum atomic E-state index is -1.13. The topological polar surface area (TPSA) is 148 Å². The summed E-state index contributed by atoms with van der Waals surface area (Å²) in [5, 5.41) is 27.8. The molecule has 1 saturated carbocycles. The second kappa shape index (κ2) is 17.5. The Balaban J connectivity index is 1.62. The van der Waals surface area contributed by atoms with Crippen molar-refractivity contribution in [1.82, 2.24) is 25.5 Å². The van der Waals surface area contributed by atoms with Gasteiger partial charge in [0.25, 0.3) is 0 Å². The van der Waals surface area contributed by atoms with E-state index in [1.807, 2.05) is 36.5 Å². The van der Waals surface area contributed by atoms with Crippen molar-refractivity contribution in [2.75, 3.05) is 6.54 Å². The normalized spacial score (nSPS) is 20.5. The van der Waals surface area contributed by atoms with Crippen molar-refractivity contribution in [3.8, 4) is 0 Å². The summed E-state index contributed by atoms with van der Waals surface area (Å²) in [4.78, 5) is 48.2. The summed E-state index contributed by atoms with van der Waals surface area (Å²) < 4.78 is 0. The molecule has 0 bridgehead atoms. The molecule has 1 saturated heterocycles. The van der Waals surface area contributed by atoms with Crippen LogP contribution in [0.3, 0.4) is 0 Å². The van der Waals surface area contributed by atoms with Crippen molar-refractivity contribution >= 4 is 17.9 Å². The van der Waals surface area contributed by atoms with Crippen LogP contribution in [-0.2, 0) is 22.4 Å². The molecule has 4 rings (SSSR count). The number of nitrogens with one attached hydrogen (secondary N) is 3. The van der Waals surface area contributed by atoms with Gasteiger partial charge in [0.1, 0.15) is 12.1 Å². The van der Waals surface area contributed by atoms with Gasteiger partial charge in [0.05, 0.1) is 18.1 Å². The van der Waals surface area contributed by atoms with Crippen LogP contribution >= 0.6 is 0 Å². The maximum absolute atomic E-state index is 14.3. The van der Waals surface area contributed by atoms with Crippen LogP contribution in [0.1, 0.15) is 96.2 Å². The fourth-order valence-electron chi connectivity index (χ4n) is 7.61. The number of rotatable bonds is 16. The Morgan fingerprint density at radius 3 is 2.39 bits per heavy atom. The maximum atomic E-state index is 14.3. The Kier molecular flexibility index (Phi) is 13.5. The number of aliphatic hydroxyl groups is 1. The van der Waals surface area contributed by atoms with Crippen LogP contribution in [-0.4, -0.2) is 73.8 Å². The second-order valence-corrected chi connectivity index (χ2v) is 13.9. The maximum Gasteiger partial charge on any atom is 0.407 e. The third kappa shape index (κ3) is 10.0. The average Bonchev–Trinajstić information content (AvgIpc) is 3.75. The molecule has 2 aromatic rings. The van der Waals surface area contributed by atoms with Crippen LogP contribution < -0.4 is 10.6 Å². The molecule has 2 fully saturated rings. The van der Waals surface area contributed by atoms with Gasteiger partial charge in [-0.15, -0.1) is 0 Å². The fourth-order valence-corrected chi connectivity index (χ4v) is 7.61. The van der Waals surface area contributed by atoms with Crippen LogP contribution in [0.4, 0.5) is 4.79 Å². The molecule has 46 heavy (non-hydrogen) atoms. The lowest BCUT2D eigenvalue weighted by atomic mass is 9.74. The number of likely N-dealkylation sites (tertiary alicyclic amines) is 1. The Bertz CT molecular complexity index is 1220. The molecule has 6 atom stereocenters. The van der Waals surface area contributed by atoms with Crippen molar-refractivity contribution < 1.29 is 24.6 Å². The molecule has 1 aliphatic heterocycles. The standard InChI is InChI=1S/C36H55N5O5/c1-4-27(24(2)3)20-33(42)29(18-25-12-7-5-8-13-25)30(21-28-22-37-23-38-28)39-34(43)31(19-26-14-9-6-10-15-26)40-35(44)32-16-11-17-41(32)36(45)46/h6,9-10,14-15,22-25,27,29-33,42H,4-5,7-8,11-13,16-21H2,1-3H3,(H,37,38)(H,39,43)(H,40,44)(H,45,46)/t27-,29-,30-,31-,32+,33+/m0/s1. The van der Waals surface area contributed by atoms with Gasteiger partial charge in [0, 0.05) is 37.5 Å². The van der Waals surface area contributed by atoms with Gasteiger partial charge < -0.3 is 25.8 Å². The Morgan fingerprint density at radius 2 is 1.76 bits per heavy atom.